The molecule has 1 aromatic heterocycles. The van der Waals surface area contributed by atoms with Crippen LogP contribution in [0.15, 0.2) is 42.5 Å². The van der Waals surface area contributed by atoms with Crippen LogP contribution in [-0.2, 0) is 4.79 Å². The van der Waals surface area contributed by atoms with E-state index in [9.17, 15) is 9.59 Å². The second kappa shape index (κ2) is 11.0. The van der Waals surface area contributed by atoms with E-state index in [2.05, 4.69) is 25.9 Å². The van der Waals surface area contributed by atoms with Crippen molar-refractivity contribution < 1.29 is 23.8 Å². The standard InChI is InChI=1S/C24H27N5O5/c1-14-9-15(2)27-24(26-14)29-18-8-6-7-17(12-18)28-21(30)13-25-23(31)16-10-19(32-3)22(34-5)20(11-16)33-4/h6-12H,13H2,1-5H3,(H,25,31)(H,28,30)(H,26,27,29). The molecule has 0 saturated carbocycles. The molecule has 3 rings (SSSR count). The van der Waals surface area contributed by atoms with Gasteiger partial charge < -0.3 is 30.2 Å². The zero-order chi connectivity index (χ0) is 24.7. The maximum absolute atomic E-state index is 12.6. The lowest BCUT2D eigenvalue weighted by atomic mass is 10.1. The Morgan fingerprint density at radius 1 is 0.853 bits per heavy atom. The Bertz CT molecular complexity index is 1150. The topological polar surface area (TPSA) is 124 Å². The molecule has 1 heterocycles. The molecule has 10 heteroatoms. The largest absolute Gasteiger partial charge is 0.493 e. The van der Waals surface area contributed by atoms with Gasteiger partial charge in [0.15, 0.2) is 11.5 Å². The Morgan fingerprint density at radius 2 is 1.47 bits per heavy atom. The molecule has 0 aliphatic carbocycles. The van der Waals surface area contributed by atoms with Gasteiger partial charge in [-0.3, -0.25) is 9.59 Å². The number of nitrogens with zero attached hydrogens (tertiary/aromatic N) is 2. The quantitative estimate of drug-likeness (QED) is 0.440. The number of nitrogens with one attached hydrogen (secondary N) is 3. The highest BCUT2D eigenvalue weighted by Crippen LogP contribution is 2.38. The van der Waals surface area contributed by atoms with E-state index in [1.165, 1.54) is 33.5 Å². The first kappa shape index (κ1) is 24.3. The van der Waals surface area contributed by atoms with Gasteiger partial charge in [-0.1, -0.05) is 6.07 Å². The monoisotopic (exact) mass is 465 g/mol. The third-order valence-electron chi connectivity index (χ3n) is 4.72. The van der Waals surface area contributed by atoms with Gasteiger partial charge in [-0.2, -0.15) is 0 Å². The van der Waals surface area contributed by atoms with Gasteiger partial charge in [0.05, 0.1) is 27.9 Å². The molecule has 0 radical (unpaired) electrons. The number of amides is 2. The molecule has 10 nitrogen and oxygen atoms in total. The van der Waals surface area contributed by atoms with Gasteiger partial charge in [0.2, 0.25) is 17.6 Å². The summed E-state index contributed by atoms with van der Waals surface area (Å²) < 4.78 is 15.8. The zero-order valence-electron chi connectivity index (χ0n) is 19.7. The van der Waals surface area contributed by atoms with Crippen LogP contribution in [0, 0.1) is 13.8 Å². The smallest absolute Gasteiger partial charge is 0.251 e. The molecule has 0 atom stereocenters. The second-order valence-electron chi connectivity index (χ2n) is 7.32. The number of methoxy groups -OCH3 is 3. The van der Waals surface area contributed by atoms with Crippen molar-refractivity contribution in [2.45, 2.75) is 13.8 Å². The minimum Gasteiger partial charge on any atom is -0.493 e. The highest BCUT2D eigenvalue weighted by Gasteiger charge is 2.17. The van der Waals surface area contributed by atoms with Gasteiger partial charge >= 0.3 is 0 Å². The summed E-state index contributed by atoms with van der Waals surface area (Å²) >= 11 is 0. The number of ether oxygens (including phenoxy) is 3. The van der Waals surface area contributed by atoms with E-state index >= 15 is 0 Å². The molecule has 2 aromatic carbocycles. The van der Waals surface area contributed by atoms with Gasteiger partial charge in [-0.25, -0.2) is 9.97 Å². The lowest BCUT2D eigenvalue weighted by molar-refractivity contribution is -0.115. The van der Waals surface area contributed by atoms with Crippen LogP contribution in [0.4, 0.5) is 17.3 Å². The van der Waals surface area contributed by atoms with Crippen molar-refractivity contribution in [3.05, 3.63) is 59.4 Å². The molecule has 3 N–H and O–H groups in total. The molecule has 0 spiro atoms. The first-order valence-corrected chi connectivity index (χ1v) is 10.4. The first-order valence-electron chi connectivity index (χ1n) is 10.4. The summed E-state index contributed by atoms with van der Waals surface area (Å²) in [5.74, 6) is 0.678. The summed E-state index contributed by atoms with van der Waals surface area (Å²) in [7, 11) is 4.40. The highest BCUT2D eigenvalue weighted by atomic mass is 16.5. The van der Waals surface area contributed by atoms with Gasteiger partial charge in [-0.05, 0) is 50.2 Å². The second-order valence-corrected chi connectivity index (χ2v) is 7.32. The van der Waals surface area contributed by atoms with Crippen molar-refractivity contribution in [1.29, 1.82) is 0 Å². The number of benzene rings is 2. The predicted molar refractivity (Wildman–Crippen MR) is 128 cm³/mol. The molecule has 0 unspecified atom stereocenters. The molecule has 3 aromatic rings. The Balaban J connectivity index is 1.62. The summed E-state index contributed by atoms with van der Waals surface area (Å²) in [6.45, 7) is 3.55. The third-order valence-corrected chi connectivity index (χ3v) is 4.72. The van der Waals surface area contributed by atoms with Crippen LogP contribution in [0.25, 0.3) is 0 Å². The summed E-state index contributed by atoms with van der Waals surface area (Å²) in [6, 6.07) is 12.0. The molecule has 34 heavy (non-hydrogen) atoms. The average molecular weight is 466 g/mol. The number of carbonyl (C=O) groups excluding carboxylic acids is 2. The first-order chi connectivity index (χ1) is 16.3. The lowest BCUT2D eigenvalue weighted by Crippen LogP contribution is -2.32. The van der Waals surface area contributed by atoms with Crippen molar-refractivity contribution >= 4 is 29.1 Å². The minimum atomic E-state index is -0.461. The van der Waals surface area contributed by atoms with Crippen LogP contribution in [-0.4, -0.2) is 49.7 Å². The van der Waals surface area contributed by atoms with Crippen molar-refractivity contribution in [1.82, 2.24) is 15.3 Å². The number of aryl methyl sites for hydroxylation is 2. The fourth-order valence-electron chi connectivity index (χ4n) is 3.27. The number of rotatable bonds is 9. The van der Waals surface area contributed by atoms with Crippen LogP contribution in [0.1, 0.15) is 21.7 Å². The van der Waals surface area contributed by atoms with E-state index in [4.69, 9.17) is 14.2 Å². The average Bonchev–Trinajstić information content (AvgIpc) is 2.81. The highest BCUT2D eigenvalue weighted by molar-refractivity contribution is 6.00. The fraction of sp³-hybridized carbons (Fsp3) is 0.250. The number of carbonyl (C=O) groups is 2. The van der Waals surface area contributed by atoms with Crippen LogP contribution >= 0.6 is 0 Å². The van der Waals surface area contributed by atoms with E-state index < -0.39 is 5.91 Å². The van der Waals surface area contributed by atoms with E-state index in [1.807, 2.05) is 26.0 Å². The molecule has 2 amide bonds. The molecule has 0 saturated heterocycles. The number of hydrogen-bond acceptors (Lipinski definition) is 8. The normalized spacial score (nSPS) is 10.3. The molecular formula is C24H27N5O5. The SMILES string of the molecule is COc1cc(C(=O)NCC(=O)Nc2cccc(Nc3nc(C)cc(C)n3)c2)cc(OC)c1OC. The fourth-order valence-corrected chi connectivity index (χ4v) is 3.27. The van der Waals surface area contributed by atoms with E-state index in [0.29, 0.717) is 34.6 Å². The van der Waals surface area contributed by atoms with Gasteiger partial charge in [0.25, 0.3) is 5.91 Å². The zero-order valence-corrected chi connectivity index (χ0v) is 19.7. The Morgan fingerprint density at radius 3 is 2.06 bits per heavy atom. The third kappa shape index (κ3) is 6.12. The van der Waals surface area contributed by atoms with Crippen molar-refractivity contribution in [3.8, 4) is 17.2 Å². The van der Waals surface area contributed by atoms with Crippen molar-refractivity contribution in [3.63, 3.8) is 0 Å². The maximum Gasteiger partial charge on any atom is 0.251 e. The lowest BCUT2D eigenvalue weighted by Gasteiger charge is -2.14. The van der Waals surface area contributed by atoms with Crippen LogP contribution in [0.2, 0.25) is 0 Å². The number of hydrogen-bond donors (Lipinski definition) is 3. The molecule has 0 aliphatic rings. The summed E-state index contributed by atoms with van der Waals surface area (Å²) in [4.78, 5) is 33.7. The minimum absolute atomic E-state index is 0.229. The Labute approximate surface area is 197 Å². The van der Waals surface area contributed by atoms with E-state index in [0.717, 1.165) is 11.4 Å². The predicted octanol–water partition coefficient (Wildman–Crippen LogP) is 3.23. The molecule has 0 bridgehead atoms. The summed E-state index contributed by atoms with van der Waals surface area (Å²) in [6.07, 6.45) is 0. The van der Waals surface area contributed by atoms with E-state index in [1.54, 1.807) is 18.2 Å². The maximum atomic E-state index is 12.6. The van der Waals surface area contributed by atoms with E-state index in [-0.39, 0.29) is 18.0 Å². The molecule has 178 valence electrons. The number of anilines is 3. The van der Waals surface area contributed by atoms with Crippen LogP contribution < -0.4 is 30.2 Å². The van der Waals surface area contributed by atoms with Gasteiger partial charge in [0, 0.05) is 28.3 Å². The Kier molecular flexibility index (Phi) is 7.86. The van der Waals surface area contributed by atoms with Crippen molar-refractivity contribution in [2.24, 2.45) is 0 Å². The number of aromatic nitrogens is 2. The molecule has 0 aliphatic heterocycles. The molecular weight excluding hydrogens is 438 g/mol. The van der Waals surface area contributed by atoms with Crippen molar-refractivity contribution in [2.75, 3.05) is 38.5 Å². The van der Waals surface area contributed by atoms with Crippen LogP contribution in [0.3, 0.4) is 0 Å². The Hall–Kier alpha value is -4.34. The summed E-state index contributed by atoms with van der Waals surface area (Å²) in [5, 5.41) is 8.47. The molecule has 0 fully saturated rings. The van der Waals surface area contributed by atoms with Gasteiger partial charge in [-0.15, -0.1) is 0 Å². The van der Waals surface area contributed by atoms with Crippen LogP contribution in [0.5, 0.6) is 17.2 Å². The summed E-state index contributed by atoms with van der Waals surface area (Å²) in [5.41, 5.74) is 3.23. The van der Waals surface area contributed by atoms with Gasteiger partial charge in [0.1, 0.15) is 0 Å².